The van der Waals surface area contributed by atoms with E-state index in [0.29, 0.717) is 0 Å². The van der Waals surface area contributed by atoms with Gasteiger partial charge in [-0.25, -0.2) is 4.79 Å². The van der Waals surface area contributed by atoms with E-state index in [4.69, 9.17) is 9.84 Å². The van der Waals surface area contributed by atoms with Crippen LogP contribution < -0.4 is 0 Å². The number of methoxy groups -OCH3 is 1. The molecule has 0 spiro atoms. The SMILES string of the molecule is COCn1cccc1C(=O)O. The molecule has 1 rings (SSSR count). The molecule has 0 aromatic carbocycles. The third kappa shape index (κ3) is 1.59. The van der Waals surface area contributed by atoms with E-state index in [-0.39, 0.29) is 12.4 Å². The molecule has 0 unspecified atom stereocenters. The summed E-state index contributed by atoms with van der Waals surface area (Å²) in [6, 6.07) is 3.20. The van der Waals surface area contributed by atoms with Gasteiger partial charge in [0.05, 0.1) is 0 Å². The van der Waals surface area contributed by atoms with Gasteiger partial charge in [0.1, 0.15) is 12.4 Å². The van der Waals surface area contributed by atoms with Crippen LogP contribution >= 0.6 is 0 Å². The molecule has 0 aliphatic heterocycles. The summed E-state index contributed by atoms with van der Waals surface area (Å²) in [4.78, 5) is 10.5. The van der Waals surface area contributed by atoms with Gasteiger partial charge in [-0.1, -0.05) is 0 Å². The molecule has 0 saturated heterocycles. The summed E-state index contributed by atoms with van der Waals surface area (Å²) < 4.78 is 6.29. The zero-order chi connectivity index (χ0) is 8.27. The number of rotatable bonds is 3. The van der Waals surface area contributed by atoms with Crippen molar-refractivity contribution in [3.8, 4) is 0 Å². The summed E-state index contributed by atoms with van der Waals surface area (Å²) in [7, 11) is 1.52. The lowest BCUT2D eigenvalue weighted by molar-refractivity contribution is 0.0661. The number of aromatic carboxylic acids is 1. The molecule has 1 aromatic rings. The van der Waals surface area contributed by atoms with Crippen molar-refractivity contribution in [2.45, 2.75) is 6.73 Å². The van der Waals surface area contributed by atoms with Gasteiger partial charge in [-0.2, -0.15) is 0 Å². The number of carboxylic acids is 1. The van der Waals surface area contributed by atoms with Crippen LogP contribution in [0.1, 0.15) is 10.5 Å². The van der Waals surface area contributed by atoms with E-state index in [2.05, 4.69) is 0 Å². The zero-order valence-corrected chi connectivity index (χ0v) is 6.15. The Hall–Kier alpha value is -1.29. The van der Waals surface area contributed by atoms with Crippen molar-refractivity contribution in [1.29, 1.82) is 0 Å². The summed E-state index contributed by atoms with van der Waals surface area (Å²) in [5, 5.41) is 8.60. The lowest BCUT2D eigenvalue weighted by Crippen LogP contribution is -2.08. The third-order valence-corrected chi connectivity index (χ3v) is 1.32. The largest absolute Gasteiger partial charge is 0.477 e. The predicted octanol–water partition coefficient (Wildman–Crippen LogP) is 0.790. The van der Waals surface area contributed by atoms with Crippen molar-refractivity contribution in [2.75, 3.05) is 7.11 Å². The van der Waals surface area contributed by atoms with E-state index in [9.17, 15) is 4.79 Å². The fourth-order valence-corrected chi connectivity index (χ4v) is 0.860. The second-order valence-corrected chi connectivity index (χ2v) is 2.09. The Kier molecular flexibility index (Phi) is 2.28. The van der Waals surface area contributed by atoms with Gasteiger partial charge in [0, 0.05) is 13.3 Å². The van der Waals surface area contributed by atoms with E-state index in [1.165, 1.54) is 17.7 Å². The molecule has 4 nitrogen and oxygen atoms in total. The lowest BCUT2D eigenvalue weighted by atomic mass is 10.4. The van der Waals surface area contributed by atoms with Crippen molar-refractivity contribution in [2.24, 2.45) is 0 Å². The van der Waals surface area contributed by atoms with Crippen molar-refractivity contribution >= 4 is 5.97 Å². The van der Waals surface area contributed by atoms with Gasteiger partial charge >= 0.3 is 5.97 Å². The van der Waals surface area contributed by atoms with Crippen LogP contribution in [0.4, 0.5) is 0 Å². The van der Waals surface area contributed by atoms with Crippen molar-refractivity contribution in [3.63, 3.8) is 0 Å². The normalized spacial score (nSPS) is 9.91. The molecule has 0 amide bonds. The molecule has 1 heterocycles. The number of hydrogen-bond acceptors (Lipinski definition) is 2. The first-order valence-electron chi connectivity index (χ1n) is 3.13. The highest BCUT2D eigenvalue weighted by molar-refractivity contribution is 5.85. The number of aromatic nitrogens is 1. The number of ether oxygens (including phenoxy) is 1. The molecule has 4 heteroatoms. The molecule has 0 bridgehead atoms. The third-order valence-electron chi connectivity index (χ3n) is 1.32. The number of carbonyl (C=O) groups is 1. The average molecular weight is 155 g/mol. The summed E-state index contributed by atoms with van der Waals surface area (Å²) >= 11 is 0. The second kappa shape index (κ2) is 3.21. The Morgan fingerprint density at radius 2 is 2.55 bits per heavy atom. The van der Waals surface area contributed by atoms with Crippen LogP contribution in [-0.4, -0.2) is 22.8 Å². The van der Waals surface area contributed by atoms with Gasteiger partial charge in [-0.05, 0) is 12.1 Å². The molecule has 11 heavy (non-hydrogen) atoms. The first-order chi connectivity index (χ1) is 5.25. The molecule has 0 fully saturated rings. The summed E-state index contributed by atoms with van der Waals surface area (Å²) in [6.45, 7) is 0.272. The van der Waals surface area contributed by atoms with E-state index in [1.807, 2.05) is 0 Å². The van der Waals surface area contributed by atoms with Crippen LogP contribution in [0.3, 0.4) is 0 Å². The van der Waals surface area contributed by atoms with Crippen LogP contribution in [-0.2, 0) is 11.5 Å². The minimum atomic E-state index is -0.938. The van der Waals surface area contributed by atoms with Crippen LogP contribution in [0.15, 0.2) is 18.3 Å². The summed E-state index contributed by atoms with van der Waals surface area (Å²) in [5.74, 6) is -0.938. The van der Waals surface area contributed by atoms with Crippen LogP contribution in [0.25, 0.3) is 0 Å². The highest BCUT2D eigenvalue weighted by atomic mass is 16.5. The fourth-order valence-electron chi connectivity index (χ4n) is 0.860. The minimum Gasteiger partial charge on any atom is -0.477 e. The van der Waals surface area contributed by atoms with Crippen LogP contribution in [0, 0.1) is 0 Å². The number of nitrogens with zero attached hydrogens (tertiary/aromatic N) is 1. The molecule has 0 saturated carbocycles. The number of hydrogen-bond donors (Lipinski definition) is 1. The molecular formula is C7H9NO3. The van der Waals surface area contributed by atoms with Crippen LogP contribution in [0.2, 0.25) is 0 Å². The van der Waals surface area contributed by atoms with Crippen LogP contribution in [0.5, 0.6) is 0 Å². The Bertz CT molecular complexity index is 254. The molecule has 0 atom stereocenters. The van der Waals surface area contributed by atoms with E-state index in [1.54, 1.807) is 12.3 Å². The molecule has 1 N–H and O–H groups in total. The predicted molar refractivity (Wildman–Crippen MR) is 38.4 cm³/mol. The number of carboxylic acid groups (broad SMARTS) is 1. The quantitative estimate of drug-likeness (QED) is 0.702. The molecule has 0 radical (unpaired) electrons. The highest BCUT2D eigenvalue weighted by Crippen LogP contribution is 2.01. The Balaban J connectivity index is 2.87. The average Bonchev–Trinajstić information content (AvgIpc) is 2.36. The molecule has 60 valence electrons. The molecule has 0 aliphatic carbocycles. The van der Waals surface area contributed by atoms with Crippen molar-refractivity contribution < 1.29 is 14.6 Å². The Morgan fingerprint density at radius 1 is 1.82 bits per heavy atom. The topological polar surface area (TPSA) is 51.5 Å². The smallest absolute Gasteiger partial charge is 0.352 e. The Labute approximate surface area is 64.0 Å². The molecular weight excluding hydrogens is 146 g/mol. The van der Waals surface area contributed by atoms with Crippen molar-refractivity contribution in [1.82, 2.24) is 4.57 Å². The van der Waals surface area contributed by atoms with Gasteiger partial charge < -0.3 is 14.4 Å². The maximum absolute atomic E-state index is 10.5. The maximum Gasteiger partial charge on any atom is 0.352 e. The molecule has 1 aromatic heterocycles. The van der Waals surface area contributed by atoms with Crippen molar-refractivity contribution in [3.05, 3.63) is 24.0 Å². The van der Waals surface area contributed by atoms with Gasteiger partial charge in [0.15, 0.2) is 0 Å². The van der Waals surface area contributed by atoms with Gasteiger partial charge in [-0.3, -0.25) is 0 Å². The van der Waals surface area contributed by atoms with E-state index >= 15 is 0 Å². The maximum atomic E-state index is 10.5. The lowest BCUT2D eigenvalue weighted by Gasteiger charge is -2.02. The zero-order valence-electron chi connectivity index (χ0n) is 6.15. The Morgan fingerprint density at radius 3 is 3.09 bits per heavy atom. The van der Waals surface area contributed by atoms with Gasteiger partial charge in [-0.15, -0.1) is 0 Å². The highest BCUT2D eigenvalue weighted by Gasteiger charge is 2.06. The first kappa shape index (κ1) is 7.81. The van der Waals surface area contributed by atoms with E-state index in [0.717, 1.165) is 0 Å². The monoisotopic (exact) mass is 155 g/mol. The van der Waals surface area contributed by atoms with Gasteiger partial charge in [0.25, 0.3) is 0 Å². The second-order valence-electron chi connectivity index (χ2n) is 2.09. The summed E-state index contributed by atoms with van der Waals surface area (Å²) in [6.07, 6.45) is 1.66. The van der Waals surface area contributed by atoms with Gasteiger partial charge in [0.2, 0.25) is 0 Å². The first-order valence-corrected chi connectivity index (χ1v) is 3.13. The summed E-state index contributed by atoms with van der Waals surface area (Å²) in [5.41, 5.74) is 0.242. The standard InChI is InChI=1S/C7H9NO3/c1-11-5-8-4-2-3-6(8)7(9)10/h2-4H,5H2,1H3,(H,9,10). The minimum absolute atomic E-state index is 0.242. The molecule has 0 aliphatic rings. The van der Waals surface area contributed by atoms with E-state index < -0.39 is 5.97 Å². The fraction of sp³-hybridized carbons (Fsp3) is 0.286.